The first-order valence-electron chi connectivity index (χ1n) is 5.74. The standard InChI is InChI=1S/C13H16FNO4/c1-7(2)11(13(17)18)15-12(16)8-4-5-9(14)10(6-8)19-3/h4-7,11H,1-3H3,(H,15,16)(H,17,18). The molecule has 0 aromatic heterocycles. The second-order valence-corrected chi connectivity index (χ2v) is 4.38. The summed E-state index contributed by atoms with van der Waals surface area (Å²) in [6.07, 6.45) is 0. The summed E-state index contributed by atoms with van der Waals surface area (Å²) in [5.74, 6) is -2.61. The van der Waals surface area contributed by atoms with Crippen LogP contribution in [-0.2, 0) is 4.79 Å². The highest BCUT2D eigenvalue weighted by atomic mass is 19.1. The van der Waals surface area contributed by atoms with Gasteiger partial charge in [0, 0.05) is 5.56 Å². The fourth-order valence-corrected chi connectivity index (χ4v) is 1.54. The number of carbonyl (C=O) groups is 2. The van der Waals surface area contributed by atoms with E-state index in [0.29, 0.717) is 0 Å². The maximum Gasteiger partial charge on any atom is 0.326 e. The minimum atomic E-state index is -1.11. The van der Waals surface area contributed by atoms with Crippen molar-refractivity contribution < 1.29 is 23.8 Å². The number of amides is 1. The van der Waals surface area contributed by atoms with Gasteiger partial charge in [0.05, 0.1) is 7.11 Å². The second kappa shape index (κ2) is 6.17. The molecule has 6 heteroatoms. The van der Waals surface area contributed by atoms with E-state index in [1.807, 2.05) is 0 Å². The van der Waals surface area contributed by atoms with E-state index in [9.17, 15) is 14.0 Å². The third-order valence-corrected chi connectivity index (χ3v) is 2.63. The number of ether oxygens (including phenoxy) is 1. The fraction of sp³-hybridized carbons (Fsp3) is 0.385. The van der Waals surface area contributed by atoms with Crippen LogP contribution in [0.5, 0.6) is 5.75 Å². The van der Waals surface area contributed by atoms with Crippen LogP contribution >= 0.6 is 0 Å². The van der Waals surface area contributed by atoms with Gasteiger partial charge in [-0.15, -0.1) is 0 Å². The molecular weight excluding hydrogens is 253 g/mol. The molecule has 0 saturated heterocycles. The molecule has 104 valence electrons. The van der Waals surface area contributed by atoms with Crippen molar-refractivity contribution in [1.29, 1.82) is 0 Å². The normalized spacial score (nSPS) is 12.1. The first-order chi connectivity index (χ1) is 8.86. The lowest BCUT2D eigenvalue weighted by atomic mass is 10.0. The van der Waals surface area contributed by atoms with E-state index in [1.165, 1.54) is 19.2 Å². The molecular formula is C13H16FNO4. The van der Waals surface area contributed by atoms with Gasteiger partial charge in [0.25, 0.3) is 5.91 Å². The molecule has 2 N–H and O–H groups in total. The molecule has 0 fully saturated rings. The van der Waals surface area contributed by atoms with E-state index in [0.717, 1.165) is 6.07 Å². The zero-order valence-corrected chi connectivity index (χ0v) is 10.9. The molecule has 1 atom stereocenters. The van der Waals surface area contributed by atoms with Gasteiger partial charge >= 0.3 is 5.97 Å². The minimum Gasteiger partial charge on any atom is -0.494 e. The SMILES string of the molecule is COc1cc(C(=O)NC(C(=O)O)C(C)C)ccc1F. The summed E-state index contributed by atoms with van der Waals surface area (Å²) < 4.78 is 18.0. The predicted molar refractivity (Wildman–Crippen MR) is 66.7 cm³/mol. The number of aliphatic carboxylic acids is 1. The molecule has 19 heavy (non-hydrogen) atoms. The average Bonchev–Trinajstić information content (AvgIpc) is 2.35. The van der Waals surface area contributed by atoms with Crippen LogP contribution in [0.25, 0.3) is 0 Å². The van der Waals surface area contributed by atoms with Gasteiger partial charge in [0.2, 0.25) is 0 Å². The summed E-state index contributed by atoms with van der Waals surface area (Å²) in [5.41, 5.74) is 0.144. The molecule has 0 aliphatic rings. The molecule has 0 spiro atoms. The number of halogens is 1. The highest BCUT2D eigenvalue weighted by Crippen LogP contribution is 2.18. The Morgan fingerprint density at radius 3 is 2.47 bits per heavy atom. The molecule has 0 heterocycles. The first kappa shape index (κ1) is 14.9. The van der Waals surface area contributed by atoms with Crippen LogP contribution in [0, 0.1) is 11.7 Å². The number of carboxylic acids is 1. The number of carbonyl (C=O) groups excluding carboxylic acids is 1. The molecule has 5 nitrogen and oxygen atoms in total. The molecule has 1 amide bonds. The minimum absolute atomic E-state index is 0.0657. The van der Waals surface area contributed by atoms with Crippen LogP contribution < -0.4 is 10.1 Å². The topological polar surface area (TPSA) is 75.6 Å². The van der Waals surface area contributed by atoms with Crippen LogP contribution in [0.2, 0.25) is 0 Å². The van der Waals surface area contributed by atoms with Gasteiger partial charge in [-0.3, -0.25) is 4.79 Å². The van der Waals surface area contributed by atoms with E-state index in [-0.39, 0.29) is 17.2 Å². The van der Waals surface area contributed by atoms with Crippen LogP contribution in [0.1, 0.15) is 24.2 Å². The molecule has 1 rings (SSSR count). The Kier molecular flexibility index (Phi) is 4.86. The van der Waals surface area contributed by atoms with Crippen molar-refractivity contribution in [3.8, 4) is 5.75 Å². The molecule has 1 unspecified atom stereocenters. The Labute approximate surface area is 110 Å². The predicted octanol–water partition coefficient (Wildman–Crippen LogP) is 1.67. The van der Waals surface area contributed by atoms with Gasteiger partial charge in [-0.25, -0.2) is 9.18 Å². The number of benzene rings is 1. The van der Waals surface area contributed by atoms with Crippen molar-refractivity contribution in [1.82, 2.24) is 5.32 Å². The fourth-order valence-electron chi connectivity index (χ4n) is 1.54. The number of methoxy groups -OCH3 is 1. The summed E-state index contributed by atoms with van der Waals surface area (Å²) in [5, 5.41) is 11.4. The zero-order chi connectivity index (χ0) is 14.6. The number of nitrogens with one attached hydrogen (secondary N) is 1. The van der Waals surface area contributed by atoms with Crippen molar-refractivity contribution in [2.75, 3.05) is 7.11 Å². The van der Waals surface area contributed by atoms with Crippen molar-refractivity contribution in [2.45, 2.75) is 19.9 Å². The van der Waals surface area contributed by atoms with E-state index < -0.39 is 23.7 Å². The highest BCUT2D eigenvalue weighted by Gasteiger charge is 2.24. The largest absolute Gasteiger partial charge is 0.494 e. The third kappa shape index (κ3) is 3.67. The Morgan fingerprint density at radius 2 is 2.00 bits per heavy atom. The summed E-state index contributed by atoms with van der Waals surface area (Å²) in [6.45, 7) is 3.37. The zero-order valence-electron chi connectivity index (χ0n) is 10.9. The Bertz CT molecular complexity index is 488. The summed E-state index contributed by atoms with van der Waals surface area (Å²) in [7, 11) is 1.29. The number of hydrogen-bond acceptors (Lipinski definition) is 3. The lowest BCUT2D eigenvalue weighted by molar-refractivity contribution is -0.140. The monoisotopic (exact) mass is 269 g/mol. The summed E-state index contributed by atoms with van der Waals surface area (Å²) >= 11 is 0. The van der Waals surface area contributed by atoms with Crippen LogP contribution in [0.15, 0.2) is 18.2 Å². The van der Waals surface area contributed by atoms with E-state index >= 15 is 0 Å². The lowest BCUT2D eigenvalue weighted by Crippen LogP contribution is -2.44. The third-order valence-electron chi connectivity index (χ3n) is 2.63. The average molecular weight is 269 g/mol. The molecule has 1 aromatic carbocycles. The first-order valence-corrected chi connectivity index (χ1v) is 5.74. The van der Waals surface area contributed by atoms with E-state index in [4.69, 9.17) is 9.84 Å². The number of hydrogen-bond donors (Lipinski definition) is 2. The van der Waals surface area contributed by atoms with Crippen LogP contribution in [0.3, 0.4) is 0 Å². The second-order valence-electron chi connectivity index (χ2n) is 4.38. The molecule has 0 aliphatic carbocycles. The van der Waals surface area contributed by atoms with Gasteiger partial charge in [0.1, 0.15) is 6.04 Å². The Balaban J connectivity index is 2.91. The molecule has 0 bridgehead atoms. The van der Waals surface area contributed by atoms with Crippen molar-refractivity contribution in [3.05, 3.63) is 29.6 Å². The Hall–Kier alpha value is -2.11. The quantitative estimate of drug-likeness (QED) is 0.852. The smallest absolute Gasteiger partial charge is 0.326 e. The molecule has 1 aromatic rings. The number of rotatable bonds is 5. The summed E-state index contributed by atoms with van der Waals surface area (Å²) in [4.78, 5) is 22.9. The van der Waals surface area contributed by atoms with Crippen LogP contribution in [0.4, 0.5) is 4.39 Å². The maximum absolute atomic E-state index is 13.2. The molecule has 0 radical (unpaired) electrons. The summed E-state index contributed by atoms with van der Waals surface area (Å²) in [6, 6.07) is 2.60. The van der Waals surface area contributed by atoms with Gasteiger partial charge in [-0.2, -0.15) is 0 Å². The van der Waals surface area contributed by atoms with Crippen LogP contribution in [-0.4, -0.2) is 30.1 Å². The van der Waals surface area contributed by atoms with Gasteiger partial charge in [-0.05, 0) is 24.1 Å². The maximum atomic E-state index is 13.2. The van der Waals surface area contributed by atoms with Gasteiger partial charge in [0.15, 0.2) is 11.6 Å². The lowest BCUT2D eigenvalue weighted by Gasteiger charge is -2.18. The van der Waals surface area contributed by atoms with Crippen molar-refractivity contribution in [2.24, 2.45) is 5.92 Å². The van der Waals surface area contributed by atoms with Gasteiger partial charge < -0.3 is 15.2 Å². The number of carboxylic acid groups (broad SMARTS) is 1. The molecule has 0 aliphatic heterocycles. The van der Waals surface area contributed by atoms with Crippen molar-refractivity contribution in [3.63, 3.8) is 0 Å². The van der Waals surface area contributed by atoms with E-state index in [1.54, 1.807) is 13.8 Å². The molecule has 0 saturated carbocycles. The highest BCUT2D eigenvalue weighted by molar-refractivity contribution is 5.97. The van der Waals surface area contributed by atoms with E-state index in [2.05, 4.69) is 5.32 Å². The Morgan fingerprint density at radius 1 is 1.37 bits per heavy atom. The van der Waals surface area contributed by atoms with Gasteiger partial charge in [-0.1, -0.05) is 13.8 Å². The van der Waals surface area contributed by atoms with Crippen molar-refractivity contribution >= 4 is 11.9 Å².